The van der Waals surface area contributed by atoms with E-state index in [1.54, 1.807) is 7.11 Å². The third-order valence-electron chi connectivity index (χ3n) is 4.30. The molecule has 19 heavy (non-hydrogen) atoms. The first kappa shape index (κ1) is 14.4. The number of ether oxygens (including phenoxy) is 1. The molecule has 0 amide bonds. The molecular weight excluding hydrogens is 239 g/mol. The molecule has 1 aromatic rings. The first-order chi connectivity index (χ1) is 8.69. The van der Waals surface area contributed by atoms with Gasteiger partial charge in [-0.05, 0) is 52.7 Å². The molecule has 1 aliphatic rings. The van der Waals surface area contributed by atoms with Crippen molar-refractivity contribution in [1.29, 1.82) is 0 Å². The first-order valence-electron chi connectivity index (χ1n) is 6.69. The minimum absolute atomic E-state index is 0.334. The number of benzene rings is 1. The Labute approximate surface area is 116 Å². The van der Waals surface area contributed by atoms with E-state index >= 15 is 0 Å². The van der Waals surface area contributed by atoms with Gasteiger partial charge in [0.25, 0.3) is 0 Å². The number of rotatable bonds is 2. The number of aryl methyl sites for hydroxylation is 2. The maximum absolute atomic E-state index is 6.13. The lowest BCUT2D eigenvalue weighted by Gasteiger charge is -2.32. The van der Waals surface area contributed by atoms with Gasteiger partial charge >= 0.3 is 7.12 Å². The van der Waals surface area contributed by atoms with Crippen molar-refractivity contribution in [2.75, 3.05) is 7.11 Å². The fourth-order valence-electron chi connectivity index (χ4n) is 2.33. The molecule has 0 radical (unpaired) electrons. The zero-order valence-electron chi connectivity index (χ0n) is 13.0. The monoisotopic (exact) mass is 262 g/mol. The van der Waals surface area contributed by atoms with Crippen molar-refractivity contribution in [3.8, 4) is 5.75 Å². The van der Waals surface area contributed by atoms with E-state index < -0.39 is 0 Å². The van der Waals surface area contributed by atoms with Crippen LogP contribution in [0.3, 0.4) is 0 Å². The fraction of sp³-hybridized carbons (Fsp3) is 0.600. The van der Waals surface area contributed by atoms with Crippen molar-refractivity contribution in [2.24, 2.45) is 0 Å². The molecule has 0 atom stereocenters. The lowest BCUT2D eigenvalue weighted by molar-refractivity contribution is 0.00578. The standard InChI is InChI=1S/C15H23BO3/c1-10-8-9-11(2)13(17-7)12(10)16-18-14(3,4)15(5,6)19-16/h8-9H,1-7H3. The summed E-state index contributed by atoms with van der Waals surface area (Å²) in [5, 5.41) is 0. The maximum Gasteiger partial charge on any atom is 0.498 e. The highest BCUT2D eigenvalue weighted by molar-refractivity contribution is 6.63. The highest BCUT2D eigenvalue weighted by Gasteiger charge is 2.52. The lowest BCUT2D eigenvalue weighted by atomic mass is 9.74. The van der Waals surface area contributed by atoms with Crippen molar-refractivity contribution in [3.63, 3.8) is 0 Å². The molecule has 3 nitrogen and oxygen atoms in total. The largest absolute Gasteiger partial charge is 0.498 e. The van der Waals surface area contributed by atoms with Gasteiger partial charge in [-0.15, -0.1) is 0 Å². The van der Waals surface area contributed by atoms with E-state index in [1.165, 1.54) is 0 Å². The van der Waals surface area contributed by atoms with Crippen LogP contribution in [0.4, 0.5) is 0 Å². The molecule has 1 aromatic carbocycles. The third kappa shape index (κ3) is 2.28. The predicted molar refractivity (Wildman–Crippen MR) is 78.2 cm³/mol. The number of hydrogen-bond donors (Lipinski definition) is 0. The summed E-state index contributed by atoms with van der Waals surface area (Å²) in [6.45, 7) is 12.3. The quantitative estimate of drug-likeness (QED) is 0.767. The van der Waals surface area contributed by atoms with Crippen molar-refractivity contribution >= 4 is 12.6 Å². The maximum atomic E-state index is 6.13. The van der Waals surface area contributed by atoms with Gasteiger partial charge in [-0.2, -0.15) is 0 Å². The molecule has 1 saturated heterocycles. The summed E-state index contributed by atoms with van der Waals surface area (Å²) in [5.41, 5.74) is 2.55. The molecule has 2 rings (SSSR count). The predicted octanol–water partition coefficient (Wildman–Crippen LogP) is 2.61. The van der Waals surface area contributed by atoms with E-state index in [0.717, 1.165) is 22.3 Å². The van der Waals surface area contributed by atoms with Gasteiger partial charge in [0.05, 0.1) is 18.3 Å². The van der Waals surface area contributed by atoms with Gasteiger partial charge in [0.1, 0.15) is 5.75 Å². The Kier molecular flexibility index (Phi) is 3.44. The summed E-state index contributed by atoms with van der Waals surface area (Å²) in [7, 11) is 1.32. The van der Waals surface area contributed by atoms with E-state index in [1.807, 2.05) is 6.92 Å². The van der Waals surface area contributed by atoms with Gasteiger partial charge in [-0.1, -0.05) is 12.1 Å². The van der Waals surface area contributed by atoms with Crippen LogP contribution in [0.2, 0.25) is 0 Å². The van der Waals surface area contributed by atoms with Gasteiger partial charge in [-0.25, -0.2) is 0 Å². The third-order valence-corrected chi connectivity index (χ3v) is 4.30. The summed E-state index contributed by atoms with van der Waals surface area (Å²) < 4.78 is 17.8. The molecular formula is C15H23BO3. The molecule has 0 saturated carbocycles. The van der Waals surface area contributed by atoms with Crippen LogP contribution in [0.25, 0.3) is 0 Å². The summed E-state index contributed by atoms with van der Waals surface area (Å²) >= 11 is 0. The van der Waals surface area contributed by atoms with Crippen LogP contribution >= 0.6 is 0 Å². The van der Waals surface area contributed by atoms with Crippen LogP contribution in [0.15, 0.2) is 12.1 Å². The van der Waals surface area contributed by atoms with Crippen molar-refractivity contribution in [2.45, 2.75) is 52.7 Å². The highest BCUT2D eigenvalue weighted by atomic mass is 16.7. The van der Waals surface area contributed by atoms with Crippen molar-refractivity contribution < 1.29 is 14.0 Å². The molecule has 0 spiro atoms. The van der Waals surface area contributed by atoms with Crippen molar-refractivity contribution in [3.05, 3.63) is 23.3 Å². The molecule has 4 heteroatoms. The average molecular weight is 262 g/mol. The van der Waals surface area contributed by atoms with E-state index in [-0.39, 0.29) is 18.3 Å². The van der Waals surface area contributed by atoms with Gasteiger partial charge in [0.2, 0.25) is 0 Å². The van der Waals surface area contributed by atoms with E-state index in [2.05, 4.69) is 46.8 Å². The molecule has 0 aliphatic carbocycles. The normalized spacial score (nSPS) is 20.7. The van der Waals surface area contributed by atoms with Crippen LogP contribution in [0.5, 0.6) is 5.75 Å². The molecule has 0 bridgehead atoms. The fourth-order valence-corrected chi connectivity index (χ4v) is 2.33. The van der Waals surface area contributed by atoms with Crippen LogP contribution in [0, 0.1) is 13.8 Å². The Balaban J connectivity index is 2.48. The van der Waals surface area contributed by atoms with Gasteiger partial charge < -0.3 is 14.0 Å². The second-order valence-corrected chi connectivity index (χ2v) is 6.23. The molecule has 0 aromatic heterocycles. The average Bonchev–Trinajstić information content (AvgIpc) is 2.50. The molecule has 1 fully saturated rings. The topological polar surface area (TPSA) is 27.7 Å². The van der Waals surface area contributed by atoms with Gasteiger partial charge in [-0.3, -0.25) is 0 Å². The summed E-state index contributed by atoms with van der Waals surface area (Å²) in [4.78, 5) is 0. The Morgan fingerprint density at radius 2 is 1.42 bits per heavy atom. The summed E-state index contributed by atoms with van der Waals surface area (Å²) in [6, 6.07) is 4.14. The van der Waals surface area contributed by atoms with Crippen LogP contribution in [-0.4, -0.2) is 25.4 Å². The Bertz CT molecular complexity index is 478. The number of methoxy groups -OCH3 is 1. The zero-order valence-corrected chi connectivity index (χ0v) is 13.0. The number of hydrogen-bond acceptors (Lipinski definition) is 3. The molecule has 1 aliphatic heterocycles. The van der Waals surface area contributed by atoms with Crippen LogP contribution < -0.4 is 10.2 Å². The highest BCUT2D eigenvalue weighted by Crippen LogP contribution is 2.37. The lowest BCUT2D eigenvalue weighted by Crippen LogP contribution is -2.41. The smallest absolute Gasteiger partial charge is 0.497 e. The molecule has 104 valence electrons. The van der Waals surface area contributed by atoms with Gasteiger partial charge in [0, 0.05) is 5.46 Å². The van der Waals surface area contributed by atoms with E-state index in [0.29, 0.717) is 0 Å². The van der Waals surface area contributed by atoms with Crippen LogP contribution in [-0.2, 0) is 9.31 Å². The molecule has 0 unspecified atom stereocenters. The minimum Gasteiger partial charge on any atom is -0.497 e. The van der Waals surface area contributed by atoms with Crippen LogP contribution in [0.1, 0.15) is 38.8 Å². The van der Waals surface area contributed by atoms with E-state index in [4.69, 9.17) is 14.0 Å². The van der Waals surface area contributed by atoms with E-state index in [9.17, 15) is 0 Å². The SMILES string of the molecule is COc1c(C)ccc(C)c1B1OC(C)(C)C(C)(C)O1. The zero-order chi connectivity index (χ0) is 14.4. The van der Waals surface area contributed by atoms with Crippen molar-refractivity contribution in [1.82, 2.24) is 0 Å². The minimum atomic E-state index is -0.375. The Morgan fingerprint density at radius 3 is 1.89 bits per heavy atom. The summed E-state index contributed by atoms with van der Waals surface area (Å²) in [5.74, 6) is 0.860. The summed E-state index contributed by atoms with van der Waals surface area (Å²) in [6.07, 6.45) is 0. The first-order valence-corrected chi connectivity index (χ1v) is 6.69. The van der Waals surface area contributed by atoms with Gasteiger partial charge in [0.15, 0.2) is 0 Å². The second-order valence-electron chi connectivity index (χ2n) is 6.23. The molecule has 1 heterocycles. The molecule has 0 N–H and O–H groups in total. The Hall–Kier alpha value is -0.995. The second kappa shape index (κ2) is 4.53. The Morgan fingerprint density at radius 1 is 0.947 bits per heavy atom.